The molecule has 12 heteroatoms. The van der Waals surface area contributed by atoms with Gasteiger partial charge in [-0.2, -0.15) is 17.5 Å². The predicted octanol–water partition coefficient (Wildman–Crippen LogP) is 4.70. The van der Waals surface area contributed by atoms with Gasteiger partial charge in [0.05, 0.1) is 23.1 Å². The number of rotatable bonds is 3. The summed E-state index contributed by atoms with van der Waals surface area (Å²) in [5, 5.41) is 9.52. The maximum absolute atomic E-state index is 13.9. The Morgan fingerprint density at radius 3 is 2.61 bits per heavy atom. The Morgan fingerprint density at radius 2 is 1.97 bits per heavy atom. The lowest BCUT2D eigenvalue weighted by atomic mass is 9.83. The molecule has 0 saturated carbocycles. The zero-order valence-electron chi connectivity index (χ0n) is 18.1. The molecule has 4 rings (SSSR count). The van der Waals surface area contributed by atoms with Gasteiger partial charge in [0.1, 0.15) is 17.1 Å². The molecule has 0 aliphatic carbocycles. The maximum Gasteiger partial charge on any atom is 0.420 e. The first kappa shape index (κ1) is 24.0. The quantitative estimate of drug-likeness (QED) is 0.538. The van der Waals surface area contributed by atoms with Crippen molar-refractivity contribution in [3.05, 3.63) is 53.6 Å². The van der Waals surface area contributed by atoms with Crippen LogP contribution < -0.4 is 4.31 Å². The van der Waals surface area contributed by atoms with Gasteiger partial charge in [0.25, 0.3) is 0 Å². The van der Waals surface area contributed by atoms with Gasteiger partial charge in [-0.05, 0) is 44.0 Å². The van der Waals surface area contributed by atoms with Crippen molar-refractivity contribution >= 4 is 16.6 Å². The molecule has 2 aliphatic heterocycles. The van der Waals surface area contributed by atoms with Crippen LogP contribution in [0, 0.1) is 5.82 Å². The number of likely N-dealkylation sites (N-methyl/N-ethyl adjacent to an activating group) is 1. The van der Waals surface area contributed by atoms with Crippen LogP contribution in [0.3, 0.4) is 0 Å². The largest absolute Gasteiger partial charge is 0.506 e. The van der Waals surface area contributed by atoms with Crippen LogP contribution >= 0.6 is 11.0 Å². The van der Waals surface area contributed by atoms with E-state index >= 15 is 0 Å². The van der Waals surface area contributed by atoms with Gasteiger partial charge in [-0.25, -0.2) is 4.39 Å². The molecule has 1 aromatic carbocycles. The molecular formula is C21H26F4N4O3S. The number of aromatic hydroxyl groups is 1. The molecule has 2 aromatic rings. The van der Waals surface area contributed by atoms with E-state index in [1.165, 1.54) is 26.8 Å². The molecule has 2 aliphatic rings. The van der Waals surface area contributed by atoms with Crippen molar-refractivity contribution in [3.63, 3.8) is 0 Å². The molecule has 0 amide bonds. The number of halogens is 4. The molecule has 33 heavy (non-hydrogen) atoms. The number of likely N-dealkylation sites (tertiary alicyclic amines) is 1. The summed E-state index contributed by atoms with van der Waals surface area (Å²) in [6.07, 6.45) is -2.92. The third kappa shape index (κ3) is 4.37. The molecule has 3 heterocycles. The fourth-order valence-electron chi connectivity index (χ4n) is 4.91. The lowest BCUT2D eigenvalue weighted by Crippen LogP contribution is -2.57. The van der Waals surface area contributed by atoms with Gasteiger partial charge in [-0.1, -0.05) is 17.0 Å². The van der Waals surface area contributed by atoms with Crippen LogP contribution in [0.5, 0.6) is 5.75 Å². The van der Waals surface area contributed by atoms with Gasteiger partial charge in [0, 0.05) is 32.7 Å². The van der Waals surface area contributed by atoms with E-state index < -0.39 is 39.8 Å². The van der Waals surface area contributed by atoms with Crippen LogP contribution in [-0.4, -0.2) is 60.1 Å². The maximum atomic E-state index is 13.9. The van der Waals surface area contributed by atoms with E-state index in [2.05, 4.69) is 4.98 Å². The number of nitrogens with zero attached hydrogens (tertiary/aromatic N) is 4. The average Bonchev–Trinajstić information content (AvgIpc) is 2.89. The summed E-state index contributed by atoms with van der Waals surface area (Å²) in [5.74, 6) is -1.40. The van der Waals surface area contributed by atoms with Crippen molar-refractivity contribution in [3.8, 4) is 5.75 Å². The first-order valence-corrected chi connectivity index (χ1v) is 11.8. The lowest BCUT2D eigenvalue weighted by molar-refractivity contribution is -0.138. The van der Waals surface area contributed by atoms with Crippen molar-refractivity contribution in [1.29, 1.82) is 0 Å². The Hall–Kier alpha value is -2.12. The van der Waals surface area contributed by atoms with Crippen molar-refractivity contribution in [2.45, 2.75) is 44.1 Å². The number of hydrogen-bond donors (Lipinski definition) is 3. The Labute approximate surface area is 190 Å². The number of benzene rings is 1. The summed E-state index contributed by atoms with van der Waals surface area (Å²) in [6.45, 7) is 2.87. The zero-order valence-corrected chi connectivity index (χ0v) is 18.9. The number of pyridine rings is 1. The SMILES string of the molecule is C[C@H]1C[C@]2(CCN1Cc1cc(C(F)(F)F)c(O)cn1)CN(C)S(O)(O)N2c1cccc(F)c1. The number of hydrogen-bond acceptors (Lipinski definition) is 7. The number of alkyl halides is 3. The van der Waals surface area contributed by atoms with Crippen LogP contribution in [0.15, 0.2) is 36.5 Å². The van der Waals surface area contributed by atoms with Crippen LogP contribution in [0.1, 0.15) is 31.0 Å². The highest BCUT2D eigenvalue weighted by Crippen LogP contribution is 2.61. The van der Waals surface area contributed by atoms with Crippen LogP contribution in [-0.2, 0) is 12.7 Å². The molecule has 1 spiro atoms. The topological polar surface area (TPSA) is 83.3 Å². The number of piperidine rings is 1. The monoisotopic (exact) mass is 490 g/mol. The van der Waals surface area contributed by atoms with Gasteiger partial charge >= 0.3 is 6.18 Å². The van der Waals surface area contributed by atoms with E-state index in [0.717, 1.165) is 12.3 Å². The van der Waals surface area contributed by atoms with Crippen LogP contribution in [0.25, 0.3) is 0 Å². The van der Waals surface area contributed by atoms with Crippen molar-refractivity contribution in [1.82, 2.24) is 14.2 Å². The van der Waals surface area contributed by atoms with E-state index in [0.29, 0.717) is 31.6 Å². The second kappa shape index (κ2) is 8.27. The molecule has 0 bridgehead atoms. The molecule has 0 unspecified atom stereocenters. The smallest absolute Gasteiger partial charge is 0.420 e. The first-order valence-electron chi connectivity index (χ1n) is 10.4. The van der Waals surface area contributed by atoms with E-state index in [1.54, 1.807) is 13.1 Å². The van der Waals surface area contributed by atoms with E-state index in [1.807, 2.05) is 11.8 Å². The van der Waals surface area contributed by atoms with Crippen molar-refractivity contribution in [2.24, 2.45) is 0 Å². The third-order valence-corrected chi connectivity index (χ3v) is 8.48. The Kier molecular flexibility index (Phi) is 6.02. The van der Waals surface area contributed by atoms with Gasteiger partial charge < -0.3 is 5.11 Å². The van der Waals surface area contributed by atoms with Gasteiger partial charge in [-0.15, -0.1) is 0 Å². The Morgan fingerprint density at radius 1 is 1.24 bits per heavy atom. The molecule has 2 fully saturated rings. The fourth-order valence-corrected chi connectivity index (χ4v) is 6.74. The Balaban J connectivity index is 1.58. The number of anilines is 1. The minimum atomic E-state index is -4.69. The summed E-state index contributed by atoms with van der Waals surface area (Å²) in [7, 11) is -1.75. The normalized spacial score (nSPS) is 27.3. The minimum absolute atomic E-state index is 0.138. The van der Waals surface area contributed by atoms with E-state index in [4.69, 9.17) is 0 Å². The summed E-state index contributed by atoms with van der Waals surface area (Å²) < 4.78 is 78.2. The Bertz CT molecular complexity index is 1040. The summed E-state index contributed by atoms with van der Waals surface area (Å²) in [6, 6.07) is 6.42. The highest BCUT2D eigenvalue weighted by molar-refractivity contribution is 8.23. The standard InChI is InChI=1S/C21H26F4N4O3S/c1-14-10-20(13-27(2)33(31,32)29(20)17-5-3-4-15(22)8-17)6-7-28(14)12-16-9-18(21(23,24)25)19(30)11-26-16/h3-5,8-9,11,14,30-32H,6-7,10,12-13H2,1-2H3/t14-,20+/m0/s1. The molecule has 1 aromatic heterocycles. The predicted molar refractivity (Wildman–Crippen MR) is 117 cm³/mol. The first-order chi connectivity index (χ1) is 15.3. The molecule has 0 radical (unpaired) electrons. The highest BCUT2D eigenvalue weighted by atomic mass is 32.3. The minimum Gasteiger partial charge on any atom is -0.506 e. The van der Waals surface area contributed by atoms with Gasteiger partial charge in [-0.3, -0.25) is 23.3 Å². The molecule has 2 atom stereocenters. The molecule has 3 N–H and O–H groups in total. The third-order valence-electron chi connectivity index (χ3n) is 6.43. The van der Waals surface area contributed by atoms with Crippen molar-refractivity contribution in [2.75, 3.05) is 24.4 Å². The van der Waals surface area contributed by atoms with E-state index in [9.17, 15) is 31.8 Å². The van der Waals surface area contributed by atoms with Crippen molar-refractivity contribution < 1.29 is 31.8 Å². The second-order valence-electron chi connectivity index (χ2n) is 8.74. The average molecular weight is 491 g/mol. The molecular weight excluding hydrogens is 464 g/mol. The van der Waals surface area contributed by atoms with Gasteiger partial charge in [0.15, 0.2) is 0 Å². The fraction of sp³-hybridized carbons (Fsp3) is 0.476. The highest BCUT2D eigenvalue weighted by Gasteiger charge is 2.55. The van der Waals surface area contributed by atoms with E-state index in [-0.39, 0.29) is 18.3 Å². The zero-order chi connectivity index (χ0) is 24.2. The van der Waals surface area contributed by atoms with Gasteiger partial charge in [0.2, 0.25) is 0 Å². The summed E-state index contributed by atoms with van der Waals surface area (Å²) in [5.41, 5.74) is -1.26. The lowest BCUT2D eigenvalue weighted by Gasteiger charge is -2.51. The van der Waals surface area contributed by atoms with Crippen LogP contribution in [0.2, 0.25) is 0 Å². The molecule has 7 nitrogen and oxygen atoms in total. The number of aromatic nitrogens is 1. The second-order valence-corrected chi connectivity index (χ2v) is 10.7. The molecule has 2 saturated heterocycles. The molecule has 182 valence electrons. The van der Waals surface area contributed by atoms with Crippen LogP contribution in [0.4, 0.5) is 23.2 Å². The summed E-state index contributed by atoms with van der Waals surface area (Å²) >= 11 is 0. The summed E-state index contributed by atoms with van der Waals surface area (Å²) in [4.78, 5) is 5.92.